The van der Waals surface area contributed by atoms with Crippen LogP contribution in [0.2, 0.25) is 0 Å². The SMILES string of the molecule is CC1CCCN(S(=O)(=O)c2ccc(C(=O)N3CCCN(Cc4ccc(F)cc4)CC3)cc2)C1. The molecule has 2 saturated heterocycles. The Morgan fingerprint density at radius 2 is 1.67 bits per heavy atom. The highest BCUT2D eigenvalue weighted by Crippen LogP contribution is 2.24. The first-order chi connectivity index (χ1) is 15.8. The zero-order valence-corrected chi connectivity index (χ0v) is 19.9. The molecule has 2 aromatic rings. The van der Waals surface area contributed by atoms with E-state index in [2.05, 4.69) is 11.8 Å². The molecule has 1 atom stereocenters. The minimum Gasteiger partial charge on any atom is -0.337 e. The molecule has 2 aliphatic heterocycles. The van der Waals surface area contributed by atoms with Gasteiger partial charge in [-0.2, -0.15) is 4.31 Å². The first-order valence-electron chi connectivity index (χ1n) is 11.7. The average molecular weight is 474 g/mol. The van der Waals surface area contributed by atoms with Crippen molar-refractivity contribution in [3.63, 3.8) is 0 Å². The molecule has 0 spiro atoms. The molecule has 2 fully saturated rings. The monoisotopic (exact) mass is 473 g/mol. The maximum atomic E-state index is 13.1. The zero-order chi connectivity index (χ0) is 23.4. The summed E-state index contributed by atoms with van der Waals surface area (Å²) in [5.74, 6) is 0.0462. The van der Waals surface area contributed by atoms with Gasteiger partial charge in [-0.05, 0) is 67.1 Å². The smallest absolute Gasteiger partial charge is 0.253 e. The second-order valence-corrected chi connectivity index (χ2v) is 11.1. The fourth-order valence-electron chi connectivity index (χ4n) is 4.65. The summed E-state index contributed by atoms with van der Waals surface area (Å²) >= 11 is 0. The first kappa shape index (κ1) is 23.9. The van der Waals surface area contributed by atoms with Gasteiger partial charge in [0.25, 0.3) is 5.91 Å². The molecular formula is C25H32FN3O3S. The van der Waals surface area contributed by atoms with E-state index in [1.165, 1.54) is 12.1 Å². The summed E-state index contributed by atoms with van der Waals surface area (Å²) in [5, 5.41) is 0. The minimum atomic E-state index is -3.53. The summed E-state index contributed by atoms with van der Waals surface area (Å²) in [4.78, 5) is 17.4. The number of hydrogen-bond acceptors (Lipinski definition) is 4. The van der Waals surface area contributed by atoms with Crippen LogP contribution in [-0.4, -0.2) is 67.7 Å². The highest BCUT2D eigenvalue weighted by molar-refractivity contribution is 7.89. The van der Waals surface area contributed by atoms with Crippen molar-refractivity contribution in [2.45, 2.75) is 37.6 Å². The maximum Gasteiger partial charge on any atom is 0.253 e. The Balaban J connectivity index is 1.37. The molecule has 6 nitrogen and oxygen atoms in total. The van der Waals surface area contributed by atoms with E-state index in [4.69, 9.17) is 0 Å². The van der Waals surface area contributed by atoms with Crippen molar-refractivity contribution in [3.8, 4) is 0 Å². The Morgan fingerprint density at radius 3 is 2.36 bits per heavy atom. The van der Waals surface area contributed by atoms with Crippen LogP contribution in [-0.2, 0) is 16.6 Å². The quantitative estimate of drug-likeness (QED) is 0.666. The molecule has 33 heavy (non-hydrogen) atoms. The van der Waals surface area contributed by atoms with Crippen molar-refractivity contribution < 1.29 is 17.6 Å². The fraction of sp³-hybridized carbons (Fsp3) is 0.480. The number of halogens is 1. The van der Waals surface area contributed by atoms with Crippen molar-refractivity contribution in [3.05, 3.63) is 65.5 Å². The second-order valence-electron chi connectivity index (χ2n) is 9.18. The van der Waals surface area contributed by atoms with Crippen LogP contribution in [0.3, 0.4) is 0 Å². The standard InChI is InChI=1S/C25H32FN3O3S/c1-20-4-2-15-29(18-20)33(31,32)24-11-7-22(8-12-24)25(30)28-14-3-13-27(16-17-28)19-21-5-9-23(26)10-6-21/h5-12,20H,2-4,13-19H2,1H3. The molecule has 178 valence electrons. The van der Waals surface area contributed by atoms with E-state index in [0.717, 1.165) is 44.5 Å². The summed E-state index contributed by atoms with van der Waals surface area (Å²) in [6, 6.07) is 12.9. The van der Waals surface area contributed by atoms with Crippen molar-refractivity contribution in [2.75, 3.05) is 39.3 Å². The number of sulfonamides is 1. The van der Waals surface area contributed by atoms with Crippen molar-refractivity contribution in [1.82, 2.24) is 14.1 Å². The third-order valence-electron chi connectivity index (χ3n) is 6.55. The number of benzene rings is 2. The number of amides is 1. The lowest BCUT2D eigenvalue weighted by Crippen LogP contribution is -2.39. The molecule has 2 aliphatic rings. The molecule has 4 rings (SSSR count). The summed E-state index contributed by atoms with van der Waals surface area (Å²) in [5.41, 5.74) is 1.56. The Labute approximate surface area is 196 Å². The third-order valence-corrected chi connectivity index (χ3v) is 8.43. The molecule has 8 heteroatoms. The van der Waals surface area contributed by atoms with E-state index in [9.17, 15) is 17.6 Å². The van der Waals surface area contributed by atoms with Crippen LogP contribution in [0.5, 0.6) is 0 Å². The van der Waals surface area contributed by atoms with Gasteiger partial charge in [0.05, 0.1) is 4.90 Å². The van der Waals surface area contributed by atoms with Gasteiger partial charge in [-0.15, -0.1) is 0 Å². The maximum absolute atomic E-state index is 13.1. The molecular weight excluding hydrogens is 441 g/mol. The van der Waals surface area contributed by atoms with Gasteiger partial charge in [0.15, 0.2) is 0 Å². The fourth-order valence-corrected chi connectivity index (χ4v) is 6.24. The largest absolute Gasteiger partial charge is 0.337 e. The highest BCUT2D eigenvalue weighted by Gasteiger charge is 2.29. The molecule has 0 bridgehead atoms. The molecule has 2 heterocycles. The summed E-state index contributed by atoms with van der Waals surface area (Å²) in [6.45, 7) is 6.77. The Hall–Kier alpha value is -2.29. The number of rotatable bonds is 5. The molecule has 2 aromatic carbocycles. The molecule has 1 amide bonds. The van der Waals surface area contributed by atoms with Crippen LogP contribution in [0, 0.1) is 11.7 Å². The van der Waals surface area contributed by atoms with Crippen LogP contribution >= 0.6 is 0 Å². The summed E-state index contributed by atoms with van der Waals surface area (Å²) in [7, 11) is -3.53. The lowest BCUT2D eigenvalue weighted by Gasteiger charge is -2.30. The van der Waals surface area contributed by atoms with E-state index >= 15 is 0 Å². The van der Waals surface area contributed by atoms with Crippen LogP contribution in [0.4, 0.5) is 4.39 Å². The van der Waals surface area contributed by atoms with Crippen molar-refractivity contribution in [1.29, 1.82) is 0 Å². The topological polar surface area (TPSA) is 60.9 Å². The number of carbonyl (C=O) groups is 1. The predicted molar refractivity (Wildman–Crippen MR) is 126 cm³/mol. The molecule has 0 N–H and O–H groups in total. The van der Waals surface area contributed by atoms with Gasteiger partial charge in [-0.3, -0.25) is 9.69 Å². The molecule has 0 saturated carbocycles. The Bertz CT molecular complexity index is 1060. The van der Waals surface area contributed by atoms with Crippen molar-refractivity contribution >= 4 is 15.9 Å². The number of hydrogen-bond donors (Lipinski definition) is 0. The molecule has 1 unspecified atom stereocenters. The van der Waals surface area contributed by atoms with Gasteiger partial charge in [0.1, 0.15) is 5.82 Å². The normalized spacial score (nSPS) is 21.0. The number of piperidine rings is 1. The van der Waals surface area contributed by atoms with E-state index in [-0.39, 0.29) is 16.6 Å². The van der Waals surface area contributed by atoms with Gasteiger partial charge in [0.2, 0.25) is 10.0 Å². The van der Waals surface area contributed by atoms with Gasteiger partial charge < -0.3 is 4.90 Å². The predicted octanol–water partition coefficient (Wildman–Crippen LogP) is 3.59. The van der Waals surface area contributed by atoms with Crippen LogP contribution in [0.15, 0.2) is 53.4 Å². The molecule has 0 radical (unpaired) electrons. The molecule has 0 aliphatic carbocycles. The van der Waals surface area contributed by atoms with Gasteiger partial charge in [0, 0.05) is 51.4 Å². The highest BCUT2D eigenvalue weighted by atomic mass is 32.2. The zero-order valence-electron chi connectivity index (χ0n) is 19.1. The van der Waals surface area contributed by atoms with Gasteiger partial charge in [-0.1, -0.05) is 19.1 Å². The van der Waals surface area contributed by atoms with Crippen LogP contribution in [0.1, 0.15) is 42.1 Å². The average Bonchev–Trinajstić information content (AvgIpc) is 3.06. The van der Waals surface area contributed by atoms with Gasteiger partial charge in [-0.25, -0.2) is 12.8 Å². The van der Waals surface area contributed by atoms with Crippen molar-refractivity contribution in [2.24, 2.45) is 5.92 Å². The summed E-state index contributed by atoms with van der Waals surface area (Å²) < 4.78 is 40.6. The number of carbonyl (C=O) groups excluding carboxylic acids is 1. The van der Waals surface area contributed by atoms with E-state index in [1.54, 1.807) is 40.7 Å². The Morgan fingerprint density at radius 1 is 0.939 bits per heavy atom. The Kier molecular flexibility index (Phi) is 7.46. The van der Waals surface area contributed by atoms with Crippen LogP contribution in [0.25, 0.3) is 0 Å². The number of nitrogens with zero attached hydrogens (tertiary/aromatic N) is 3. The minimum absolute atomic E-state index is 0.0748. The second kappa shape index (κ2) is 10.3. The lowest BCUT2D eigenvalue weighted by molar-refractivity contribution is 0.0761. The lowest BCUT2D eigenvalue weighted by atomic mass is 10.0. The molecule has 0 aromatic heterocycles. The van der Waals surface area contributed by atoms with E-state index in [1.807, 2.05) is 4.90 Å². The van der Waals surface area contributed by atoms with E-state index in [0.29, 0.717) is 37.7 Å². The van der Waals surface area contributed by atoms with E-state index < -0.39 is 10.0 Å². The third kappa shape index (κ3) is 5.80. The van der Waals surface area contributed by atoms with Gasteiger partial charge >= 0.3 is 0 Å². The summed E-state index contributed by atoms with van der Waals surface area (Å²) in [6.07, 6.45) is 2.78. The first-order valence-corrected chi connectivity index (χ1v) is 13.1. The van der Waals surface area contributed by atoms with Crippen LogP contribution < -0.4 is 0 Å².